The summed E-state index contributed by atoms with van der Waals surface area (Å²) in [6, 6.07) is 21.8. The molecule has 0 amide bonds. The average molecular weight is 353 g/mol. The van der Waals surface area contributed by atoms with Gasteiger partial charge in [0.05, 0.1) is 12.6 Å². The number of anilines is 2. The van der Waals surface area contributed by atoms with Crippen LogP contribution in [0.4, 0.5) is 11.4 Å². The van der Waals surface area contributed by atoms with Crippen molar-refractivity contribution in [3.63, 3.8) is 0 Å². The van der Waals surface area contributed by atoms with Crippen molar-refractivity contribution in [2.45, 2.75) is 32.7 Å². The highest BCUT2D eigenvalue weighted by Crippen LogP contribution is 2.26. The summed E-state index contributed by atoms with van der Waals surface area (Å²) in [6.45, 7) is 9.39. The van der Waals surface area contributed by atoms with E-state index < -0.39 is 0 Å². The van der Waals surface area contributed by atoms with Crippen LogP contribution in [0.5, 0.6) is 0 Å². The first kappa shape index (κ1) is 18.9. The quantitative estimate of drug-likeness (QED) is 0.634. The normalized spacial score (nSPS) is 16.1. The molecule has 1 aliphatic heterocycles. The Morgan fingerprint density at radius 3 is 1.88 bits per heavy atom. The molecule has 1 heterocycles. The van der Waals surface area contributed by atoms with Crippen LogP contribution >= 0.6 is 0 Å². The number of ether oxygens (including phenoxy) is 1. The SMILES string of the molecule is CC(C)COCC(CN(c1ccccc1)c1ccccc1)N1CCCC1. The summed E-state index contributed by atoms with van der Waals surface area (Å²) in [5.74, 6) is 0.577. The van der Waals surface area contributed by atoms with Gasteiger partial charge >= 0.3 is 0 Å². The van der Waals surface area contributed by atoms with Crippen LogP contribution in [0.15, 0.2) is 60.7 Å². The summed E-state index contributed by atoms with van der Waals surface area (Å²) in [7, 11) is 0. The summed E-state index contributed by atoms with van der Waals surface area (Å²) in [4.78, 5) is 5.04. The first-order valence-electron chi connectivity index (χ1n) is 9.93. The van der Waals surface area contributed by atoms with Crippen LogP contribution in [0.3, 0.4) is 0 Å². The smallest absolute Gasteiger partial charge is 0.0639 e. The van der Waals surface area contributed by atoms with Gasteiger partial charge in [-0.1, -0.05) is 50.2 Å². The third-order valence-corrected chi connectivity index (χ3v) is 4.95. The molecular weight excluding hydrogens is 320 g/mol. The van der Waals surface area contributed by atoms with Gasteiger partial charge in [0, 0.05) is 24.5 Å². The molecule has 1 fully saturated rings. The van der Waals surface area contributed by atoms with Crippen LogP contribution in [0.1, 0.15) is 26.7 Å². The van der Waals surface area contributed by atoms with Crippen molar-refractivity contribution in [1.82, 2.24) is 4.90 Å². The number of para-hydroxylation sites is 2. The standard InChI is InChI=1S/C23H32N2O/c1-20(2)18-26-19-23(24-15-9-10-16-24)17-25(21-11-5-3-6-12-21)22-13-7-4-8-14-22/h3-8,11-14,20,23H,9-10,15-19H2,1-2H3. The van der Waals surface area contributed by atoms with Gasteiger partial charge in [-0.25, -0.2) is 0 Å². The maximum atomic E-state index is 6.07. The fourth-order valence-electron chi connectivity index (χ4n) is 3.61. The number of hydrogen-bond donors (Lipinski definition) is 0. The maximum absolute atomic E-state index is 6.07. The Morgan fingerprint density at radius 2 is 1.38 bits per heavy atom. The van der Waals surface area contributed by atoms with Crippen LogP contribution in [0.25, 0.3) is 0 Å². The molecular formula is C23H32N2O. The van der Waals surface area contributed by atoms with Gasteiger partial charge < -0.3 is 9.64 Å². The lowest BCUT2D eigenvalue weighted by molar-refractivity contribution is 0.0576. The molecule has 1 unspecified atom stereocenters. The molecule has 1 aliphatic rings. The Bertz CT molecular complexity index is 584. The predicted octanol–water partition coefficient (Wildman–Crippen LogP) is 4.96. The van der Waals surface area contributed by atoms with Gasteiger partial charge in [0.1, 0.15) is 0 Å². The molecule has 1 atom stereocenters. The second-order valence-corrected chi connectivity index (χ2v) is 7.61. The predicted molar refractivity (Wildman–Crippen MR) is 110 cm³/mol. The summed E-state index contributed by atoms with van der Waals surface area (Å²) in [5, 5.41) is 0. The lowest BCUT2D eigenvalue weighted by atomic mass is 10.1. The molecule has 26 heavy (non-hydrogen) atoms. The molecule has 3 heteroatoms. The van der Waals surface area contributed by atoms with Crippen molar-refractivity contribution in [3.8, 4) is 0 Å². The number of nitrogens with zero attached hydrogens (tertiary/aromatic N) is 2. The van der Waals surface area contributed by atoms with Crippen molar-refractivity contribution in [2.24, 2.45) is 5.92 Å². The summed E-state index contributed by atoms with van der Waals surface area (Å²) in [5.41, 5.74) is 2.48. The summed E-state index contributed by atoms with van der Waals surface area (Å²) < 4.78 is 6.07. The number of rotatable bonds is 9. The fraction of sp³-hybridized carbons (Fsp3) is 0.478. The Hall–Kier alpha value is -1.84. The number of benzene rings is 2. The second-order valence-electron chi connectivity index (χ2n) is 7.61. The highest BCUT2D eigenvalue weighted by Gasteiger charge is 2.25. The van der Waals surface area contributed by atoms with E-state index in [2.05, 4.69) is 84.3 Å². The van der Waals surface area contributed by atoms with Crippen LogP contribution in [0.2, 0.25) is 0 Å². The monoisotopic (exact) mass is 352 g/mol. The van der Waals surface area contributed by atoms with Crippen LogP contribution < -0.4 is 4.90 Å². The molecule has 0 aliphatic carbocycles. The van der Waals surface area contributed by atoms with E-state index in [0.717, 1.165) is 19.8 Å². The molecule has 2 aromatic carbocycles. The minimum atomic E-state index is 0.414. The van der Waals surface area contributed by atoms with Crippen molar-refractivity contribution in [2.75, 3.05) is 37.7 Å². The lowest BCUT2D eigenvalue weighted by Crippen LogP contribution is -2.44. The number of likely N-dealkylation sites (tertiary alicyclic amines) is 1. The van der Waals surface area contributed by atoms with Crippen molar-refractivity contribution >= 4 is 11.4 Å². The first-order valence-corrected chi connectivity index (χ1v) is 9.93. The zero-order chi connectivity index (χ0) is 18.2. The van der Waals surface area contributed by atoms with Crippen molar-refractivity contribution in [1.29, 1.82) is 0 Å². The van der Waals surface area contributed by atoms with E-state index in [0.29, 0.717) is 12.0 Å². The number of hydrogen-bond acceptors (Lipinski definition) is 3. The van der Waals surface area contributed by atoms with E-state index in [1.54, 1.807) is 0 Å². The highest BCUT2D eigenvalue weighted by molar-refractivity contribution is 5.63. The molecule has 0 aromatic heterocycles. The first-order chi connectivity index (χ1) is 12.7. The molecule has 3 rings (SSSR count). The third kappa shape index (κ3) is 5.33. The zero-order valence-electron chi connectivity index (χ0n) is 16.2. The topological polar surface area (TPSA) is 15.7 Å². The van der Waals surface area contributed by atoms with Gasteiger partial charge in [0.15, 0.2) is 0 Å². The van der Waals surface area contributed by atoms with E-state index >= 15 is 0 Å². The van der Waals surface area contributed by atoms with E-state index in [-0.39, 0.29) is 0 Å². The molecule has 0 radical (unpaired) electrons. The minimum Gasteiger partial charge on any atom is -0.379 e. The molecule has 3 nitrogen and oxygen atoms in total. The Morgan fingerprint density at radius 1 is 0.846 bits per heavy atom. The maximum Gasteiger partial charge on any atom is 0.0639 e. The van der Waals surface area contributed by atoms with Gasteiger partial charge in [-0.15, -0.1) is 0 Å². The Kier molecular flexibility index (Phi) is 7.10. The molecule has 0 N–H and O–H groups in total. The van der Waals surface area contributed by atoms with E-state index in [1.807, 2.05) is 0 Å². The third-order valence-electron chi connectivity index (χ3n) is 4.95. The van der Waals surface area contributed by atoms with Crippen LogP contribution in [0, 0.1) is 5.92 Å². The average Bonchev–Trinajstić information content (AvgIpc) is 3.20. The van der Waals surface area contributed by atoms with E-state index in [9.17, 15) is 0 Å². The van der Waals surface area contributed by atoms with Gasteiger partial charge in [-0.05, 0) is 56.1 Å². The van der Waals surface area contributed by atoms with E-state index in [4.69, 9.17) is 4.74 Å². The van der Waals surface area contributed by atoms with E-state index in [1.165, 1.54) is 37.3 Å². The Labute approximate surface area is 158 Å². The summed E-state index contributed by atoms with van der Waals surface area (Å²) in [6.07, 6.45) is 2.61. The van der Waals surface area contributed by atoms with Crippen LogP contribution in [-0.4, -0.2) is 43.8 Å². The highest BCUT2D eigenvalue weighted by atomic mass is 16.5. The molecule has 0 saturated carbocycles. The molecule has 140 valence electrons. The molecule has 0 spiro atoms. The van der Waals surface area contributed by atoms with Gasteiger partial charge in [0.2, 0.25) is 0 Å². The Balaban J connectivity index is 1.79. The summed E-state index contributed by atoms with van der Waals surface area (Å²) >= 11 is 0. The molecule has 0 bridgehead atoms. The van der Waals surface area contributed by atoms with Gasteiger partial charge in [-0.2, -0.15) is 0 Å². The molecule has 2 aromatic rings. The molecule has 1 saturated heterocycles. The van der Waals surface area contributed by atoms with Gasteiger partial charge in [0.25, 0.3) is 0 Å². The van der Waals surface area contributed by atoms with Crippen LogP contribution in [-0.2, 0) is 4.74 Å². The van der Waals surface area contributed by atoms with Crippen molar-refractivity contribution < 1.29 is 4.74 Å². The van der Waals surface area contributed by atoms with Gasteiger partial charge in [-0.3, -0.25) is 4.90 Å². The minimum absolute atomic E-state index is 0.414. The second kappa shape index (κ2) is 9.75. The largest absolute Gasteiger partial charge is 0.379 e. The fourth-order valence-corrected chi connectivity index (χ4v) is 3.61. The van der Waals surface area contributed by atoms with Crippen molar-refractivity contribution in [3.05, 3.63) is 60.7 Å². The zero-order valence-corrected chi connectivity index (χ0v) is 16.2. The lowest BCUT2D eigenvalue weighted by Gasteiger charge is -2.34.